The molecule has 1 saturated heterocycles. The summed E-state index contributed by atoms with van der Waals surface area (Å²) >= 11 is 0. The highest BCUT2D eigenvalue weighted by Gasteiger charge is 2.55. The summed E-state index contributed by atoms with van der Waals surface area (Å²) in [5.41, 5.74) is -0.271. The monoisotopic (exact) mass is 224 g/mol. The van der Waals surface area contributed by atoms with E-state index in [1.807, 2.05) is 0 Å². The van der Waals surface area contributed by atoms with Gasteiger partial charge < -0.3 is 9.47 Å². The Bertz CT molecular complexity index is 347. The molecule has 2 atom stereocenters. The Morgan fingerprint density at radius 1 is 1.69 bits per heavy atom. The average Bonchev–Trinajstić information content (AvgIpc) is 2.63. The molecule has 0 spiro atoms. The Labute approximate surface area is 94.6 Å². The van der Waals surface area contributed by atoms with E-state index in [1.165, 1.54) is 0 Å². The standard InChI is InChI=1S/C12H16O4/c1-3-15-11(14)12-6-4-5-9(12)16-10(13)8(2)7-12/h9H,2-7H2,1H3/t9-,12+/m1/s1. The number of carbonyl (C=O) groups is 2. The SMILES string of the molecule is C=C1C[C@@]2(C(=O)OCC)CCC[C@H]2OC1=O. The van der Waals surface area contributed by atoms with Crippen molar-refractivity contribution in [3.05, 3.63) is 12.2 Å². The van der Waals surface area contributed by atoms with Crippen LogP contribution in [-0.2, 0) is 19.1 Å². The van der Waals surface area contributed by atoms with Gasteiger partial charge in [0.05, 0.1) is 6.61 Å². The lowest BCUT2D eigenvalue weighted by Crippen LogP contribution is -2.46. The molecule has 1 saturated carbocycles. The number of esters is 2. The summed E-state index contributed by atoms with van der Waals surface area (Å²) in [5, 5.41) is 0. The molecule has 0 aromatic rings. The van der Waals surface area contributed by atoms with Gasteiger partial charge in [-0.15, -0.1) is 0 Å². The molecule has 0 unspecified atom stereocenters. The van der Waals surface area contributed by atoms with Crippen molar-refractivity contribution < 1.29 is 19.1 Å². The fraction of sp³-hybridized carbons (Fsp3) is 0.667. The van der Waals surface area contributed by atoms with Crippen molar-refractivity contribution >= 4 is 11.9 Å². The van der Waals surface area contributed by atoms with Crippen LogP contribution in [0.25, 0.3) is 0 Å². The van der Waals surface area contributed by atoms with Crippen molar-refractivity contribution in [3.8, 4) is 0 Å². The molecule has 1 heterocycles. The Morgan fingerprint density at radius 3 is 3.12 bits per heavy atom. The van der Waals surface area contributed by atoms with Gasteiger partial charge in [-0.1, -0.05) is 6.58 Å². The third-order valence-electron chi connectivity index (χ3n) is 3.45. The molecule has 2 rings (SSSR count). The van der Waals surface area contributed by atoms with Crippen LogP contribution in [0.3, 0.4) is 0 Å². The van der Waals surface area contributed by atoms with Crippen LogP contribution in [0.2, 0.25) is 0 Å². The van der Waals surface area contributed by atoms with Crippen molar-refractivity contribution in [2.24, 2.45) is 5.41 Å². The highest BCUT2D eigenvalue weighted by atomic mass is 16.6. The van der Waals surface area contributed by atoms with Crippen LogP contribution >= 0.6 is 0 Å². The van der Waals surface area contributed by atoms with Crippen LogP contribution in [0.5, 0.6) is 0 Å². The minimum Gasteiger partial charge on any atom is -0.465 e. The zero-order chi connectivity index (χ0) is 11.8. The molecular formula is C12H16O4. The summed E-state index contributed by atoms with van der Waals surface area (Å²) in [5.74, 6) is -0.613. The number of rotatable bonds is 2. The fourth-order valence-electron chi connectivity index (χ4n) is 2.66. The molecule has 4 nitrogen and oxygen atoms in total. The molecule has 4 heteroatoms. The van der Waals surface area contributed by atoms with E-state index in [-0.39, 0.29) is 18.0 Å². The Hall–Kier alpha value is -1.32. The highest BCUT2D eigenvalue weighted by Crippen LogP contribution is 2.48. The van der Waals surface area contributed by atoms with E-state index in [1.54, 1.807) is 6.92 Å². The maximum absolute atomic E-state index is 12.0. The first kappa shape index (κ1) is 11.2. The first-order valence-corrected chi connectivity index (χ1v) is 5.66. The molecule has 2 fully saturated rings. The van der Waals surface area contributed by atoms with Gasteiger partial charge in [-0.3, -0.25) is 4.79 Å². The van der Waals surface area contributed by atoms with E-state index in [4.69, 9.17) is 9.47 Å². The largest absolute Gasteiger partial charge is 0.465 e. The molecule has 16 heavy (non-hydrogen) atoms. The molecule has 0 aromatic carbocycles. The first-order valence-electron chi connectivity index (χ1n) is 5.66. The summed E-state index contributed by atoms with van der Waals surface area (Å²) in [7, 11) is 0. The van der Waals surface area contributed by atoms with Gasteiger partial charge in [-0.25, -0.2) is 4.79 Å². The topological polar surface area (TPSA) is 52.6 Å². The van der Waals surface area contributed by atoms with E-state index in [0.29, 0.717) is 18.6 Å². The van der Waals surface area contributed by atoms with Gasteiger partial charge in [0.25, 0.3) is 0 Å². The van der Waals surface area contributed by atoms with Crippen molar-refractivity contribution in [2.75, 3.05) is 6.61 Å². The average molecular weight is 224 g/mol. The van der Waals surface area contributed by atoms with Crippen LogP contribution in [-0.4, -0.2) is 24.6 Å². The van der Waals surface area contributed by atoms with Gasteiger partial charge in [-0.2, -0.15) is 0 Å². The van der Waals surface area contributed by atoms with Crippen LogP contribution < -0.4 is 0 Å². The quantitative estimate of drug-likeness (QED) is 0.528. The van der Waals surface area contributed by atoms with E-state index in [0.717, 1.165) is 19.3 Å². The summed E-state index contributed by atoms with van der Waals surface area (Å²) in [6, 6.07) is 0. The van der Waals surface area contributed by atoms with Crippen LogP contribution in [0.1, 0.15) is 32.6 Å². The van der Waals surface area contributed by atoms with Crippen molar-refractivity contribution in [3.63, 3.8) is 0 Å². The molecule has 1 aliphatic heterocycles. The molecule has 1 aliphatic carbocycles. The van der Waals surface area contributed by atoms with Crippen LogP contribution in [0.4, 0.5) is 0 Å². The molecule has 2 aliphatic rings. The Morgan fingerprint density at radius 2 is 2.44 bits per heavy atom. The number of hydrogen-bond acceptors (Lipinski definition) is 4. The normalized spacial score (nSPS) is 33.2. The van der Waals surface area contributed by atoms with Crippen molar-refractivity contribution in [1.29, 1.82) is 0 Å². The lowest BCUT2D eigenvalue weighted by molar-refractivity contribution is -0.173. The molecule has 0 amide bonds. The Kier molecular flexibility index (Phi) is 2.74. The number of fused-ring (bicyclic) bond motifs is 1. The van der Waals surface area contributed by atoms with Crippen LogP contribution in [0.15, 0.2) is 12.2 Å². The number of carbonyl (C=O) groups excluding carboxylic acids is 2. The first-order chi connectivity index (χ1) is 7.60. The van der Waals surface area contributed by atoms with E-state index < -0.39 is 5.41 Å². The lowest BCUT2D eigenvalue weighted by Gasteiger charge is -2.36. The third-order valence-corrected chi connectivity index (χ3v) is 3.45. The fourth-order valence-corrected chi connectivity index (χ4v) is 2.66. The molecular weight excluding hydrogens is 208 g/mol. The second kappa shape index (κ2) is 3.92. The summed E-state index contributed by atoms with van der Waals surface area (Å²) in [4.78, 5) is 23.4. The highest BCUT2D eigenvalue weighted by molar-refractivity contribution is 5.92. The molecule has 0 radical (unpaired) electrons. The van der Waals surface area contributed by atoms with E-state index in [2.05, 4.69) is 6.58 Å². The van der Waals surface area contributed by atoms with Gasteiger partial charge in [0, 0.05) is 5.57 Å². The minimum absolute atomic E-state index is 0.244. The molecule has 0 bridgehead atoms. The number of ether oxygens (including phenoxy) is 2. The van der Waals surface area contributed by atoms with Crippen molar-refractivity contribution in [1.82, 2.24) is 0 Å². The third kappa shape index (κ3) is 1.52. The smallest absolute Gasteiger partial charge is 0.333 e. The molecule has 0 N–H and O–H groups in total. The Balaban J connectivity index is 2.25. The predicted octanol–water partition coefficient (Wildman–Crippen LogP) is 1.59. The maximum Gasteiger partial charge on any atom is 0.333 e. The zero-order valence-electron chi connectivity index (χ0n) is 9.45. The maximum atomic E-state index is 12.0. The second-order valence-electron chi connectivity index (χ2n) is 4.44. The van der Waals surface area contributed by atoms with E-state index in [9.17, 15) is 9.59 Å². The second-order valence-corrected chi connectivity index (χ2v) is 4.44. The van der Waals surface area contributed by atoms with Gasteiger partial charge in [0.1, 0.15) is 11.5 Å². The predicted molar refractivity (Wildman–Crippen MR) is 56.6 cm³/mol. The summed E-state index contributed by atoms with van der Waals surface area (Å²) in [6.07, 6.45) is 2.43. The van der Waals surface area contributed by atoms with Gasteiger partial charge in [0.15, 0.2) is 0 Å². The molecule has 0 aromatic heterocycles. The summed E-state index contributed by atoms with van der Waals surface area (Å²) in [6.45, 7) is 5.80. The van der Waals surface area contributed by atoms with Gasteiger partial charge in [-0.05, 0) is 32.6 Å². The minimum atomic E-state index is -0.652. The van der Waals surface area contributed by atoms with Crippen LogP contribution in [0, 0.1) is 5.41 Å². The van der Waals surface area contributed by atoms with E-state index >= 15 is 0 Å². The molecule has 88 valence electrons. The lowest BCUT2D eigenvalue weighted by atomic mass is 9.76. The summed E-state index contributed by atoms with van der Waals surface area (Å²) < 4.78 is 10.4. The number of hydrogen-bond donors (Lipinski definition) is 0. The van der Waals surface area contributed by atoms with Crippen molar-refractivity contribution in [2.45, 2.75) is 38.7 Å². The van der Waals surface area contributed by atoms with Gasteiger partial charge in [0.2, 0.25) is 0 Å². The van der Waals surface area contributed by atoms with Gasteiger partial charge >= 0.3 is 11.9 Å². The zero-order valence-corrected chi connectivity index (χ0v) is 9.45.